The van der Waals surface area contributed by atoms with Gasteiger partial charge in [-0.3, -0.25) is 0 Å². The molecule has 0 aliphatic heterocycles. The number of sulfone groups is 1. The second-order valence-corrected chi connectivity index (χ2v) is 7.65. The normalized spacial score (nSPS) is 11.4. The van der Waals surface area contributed by atoms with Crippen molar-refractivity contribution >= 4 is 42.8 Å². The number of rotatable bonds is 4. The van der Waals surface area contributed by atoms with Crippen LogP contribution in [0, 0.1) is 0 Å². The van der Waals surface area contributed by atoms with Gasteiger partial charge in [0.15, 0.2) is 9.84 Å². The molecule has 0 unspecified atom stereocenters. The summed E-state index contributed by atoms with van der Waals surface area (Å²) in [6, 6.07) is 8.91. The van der Waals surface area contributed by atoms with E-state index in [4.69, 9.17) is 0 Å². The van der Waals surface area contributed by atoms with E-state index < -0.39 is 9.84 Å². The fraction of sp³-hybridized carbons (Fsp3) is 0.167. The number of anilines is 1. The van der Waals surface area contributed by atoms with Gasteiger partial charge in [-0.1, -0.05) is 12.1 Å². The van der Waals surface area contributed by atoms with Gasteiger partial charge in [-0.2, -0.15) is 0 Å². The van der Waals surface area contributed by atoms with Crippen LogP contribution in [0.5, 0.6) is 0 Å². The van der Waals surface area contributed by atoms with E-state index in [9.17, 15) is 8.42 Å². The molecule has 1 heterocycles. The molecule has 0 amide bonds. The van der Waals surface area contributed by atoms with Crippen molar-refractivity contribution in [2.45, 2.75) is 11.4 Å². The minimum absolute atomic E-state index is 0.331. The van der Waals surface area contributed by atoms with Crippen LogP contribution in [0.1, 0.15) is 4.88 Å². The maximum absolute atomic E-state index is 11.6. The Morgan fingerprint density at radius 3 is 2.61 bits per heavy atom. The molecule has 1 aromatic heterocycles. The first-order valence-electron chi connectivity index (χ1n) is 5.23. The second-order valence-electron chi connectivity index (χ2n) is 3.81. The molecule has 0 spiro atoms. The van der Waals surface area contributed by atoms with Gasteiger partial charge in [0.05, 0.1) is 17.1 Å². The van der Waals surface area contributed by atoms with Crippen molar-refractivity contribution in [1.82, 2.24) is 0 Å². The van der Waals surface area contributed by atoms with Gasteiger partial charge in [-0.05, 0) is 39.5 Å². The third-order valence-electron chi connectivity index (χ3n) is 2.42. The summed E-state index contributed by atoms with van der Waals surface area (Å²) in [5, 5.41) is 5.15. The fourth-order valence-corrected chi connectivity index (χ4v) is 3.86. The molecule has 1 N–H and O–H groups in total. The second kappa shape index (κ2) is 5.42. The Labute approximate surface area is 119 Å². The minimum Gasteiger partial charge on any atom is -0.379 e. The van der Waals surface area contributed by atoms with Gasteiger partial charge in [0.1, 0.15) is 0 Å². The van der Waals surface area contributed by atoms with Gasteiger partial charge in [0, 0.05) is 15.6 Å². The Morgan fingerprint density at radius 1 is 1.28 bits per heavy atom. The molecule has 0 saturated heterocycles. The molecule has 18 heavy (non-hydrogen) atoms. The number of para-hydroxylation sites is 1. The molecule has 0 aliphatic carbocycles. The lowest BCUT2D eigenvalue weighted by Crippen LogP contribution is -2.05. The summed E-state index contributed by atoms with van der Waals surface area (Å²) >= 11 is 5.07. The number of benzene rings is 1. The predicted octanol–water partition coefficient (Wildman–Crippen LogP) is 3.53. The Kier molecular flexibility index (Phi) is 4.09. The van der Waals surface area contributed by atoms with Gasteiger partial charge in [0.25, 0.3) is 0 Å². The number of hydrogen-bond acceptors (Lipinski definition) is 4. The van der Waals surface area contributed by atoms with E-state index in [0.29, 0.717) is 17.1 Å². The van der Waals surface area contributed by atoms with Crippen LogP contribution in [0.4, 0.5) is 5.69 Å². The van der Waals surface area contributed by atoms with E-state index in [1.165, 1.54) is 6.26 Å². The van der Waals surface area contributed by atoms with Crippen LogP contribution >= 0.6 is 27.3 Å². The van der Waals surface area contributed by atoms with Gasteiger partial charge in [-0.25, -0.2) is 8.42 Å². The maximum atomic E-state index is 11.6. The van der Waals surface area contributed by atoms with E-state index in [2.05, 4.69) is 21.2 Å². The molecule has 2 aromatic rings. The molecule has 0 atom stereocenters. The summed E-state index contributed by atoms with van der Waals surface area (Å²) in [6.45, 7) is 0.602. The number of halogens is 1. The molecular weight excluding hydrogens is 334 g/mol. The fourth-order valence-electron chi connectivity index (χ4n) is 1.56. The lowest BCUT2D eigenvalue weighted by molar-refractivity contribution is 0.602. The van der Waals surface area contributed by atoms with Gasteiger partial charge >= 0.3 is 0 Å². The topological polar surface area (TPSA) is 46.2 Å². The predicted molar refractivity (Wildman–Crippen MR) is 78.9 cm³/mol. The van der Waals surface area contributed by atoms with Crippen LogP contribution in [0.3, 0.4) is 0 Å². The van der Waals surface area contributed by atoms with E-state index in [1.807, 2.05) is 17.5 Å². The van der Waals surface area contributed by atoms with Crippen molar-refractivity contribution in [1.29, 1.82) is 0 Å². The highest BCUT2D eigenvalue weighted by molar-refractivity contribution is 9.10. The van der Waals surface area contributed by atoms with E-state index in [1.54, 1.807) is 29.5 Å². The first-order valence-corrected chi connectivity index (χ1v) is 8.80. The third kappa shape index (κ3) is 3.13. The van der Waals surface area contributed by atoms with Crippen molar-refractivity contribution in [2.24, 2.45) is 0 Å². The summed E-state index contributed by atoms with van der Waals surface area (Å²) in [6.07, 6.45) is 1.22. The van der Waals surface area contributed by atoms with E-state index in [0.717, 1.165) is 9.35 Å². The molecule has 6 heteroatoms. The van der Waals surface area contributed by atoms with Gasteiger partial charge in [-0.15, -0.1) is 11.3 Å². The van der Waals surface area contributed by atoms with Crippen molar-refractivity contribution in [3.05, 3.63) is 45.1 Å². The standard InChI is InChI=1S/C12H12BrNO2S2/c1-18(15,16)12-5-3-2-4-10(12)14-8-11-9(13)6-7-17-11/h2-7,14H,8H2,1H3. The minimum atomic E-state index is -3.21. The van der Waals surface area contributed by atoms with Crippen LogP contribution in [-0.4, -0.2) is 14.7 Å². The lowest BCUT2D eigenvalue weighted by Gasteiger charge is -2.10. The van der Waals surface area contributed by atoms with Crippen LogP contribution in [0.15, 0.2) is 45.1 Å². The molecule has 0 fully saturated rings. The largest absolute Gasteiger partial charge is 0.379 e. The highest BCUT2D eigenvalue weighted by Crippen LogP contribution is 2.26. The molecule has 0 radical (unpaired) electrons. The highest BCUT2D eigenvalue weighted by Gasteiger charge is 2.12. The number of thiophene rings is 1. The summed E-state index contributed by atoms with van der Waals surface area (Å²) < 4.78 is 24.3. The SMILES string of the molecule is CS(=O)(=O)c1ccccc1NCc1sccc1Br. The smallest absolute Gasteiger partial charge is 0.177 e. The van der Waals surface area contributed by atoms with Gasteiger partial charge < -0.3 is 5.32 Å². The zero-order valence-electron chi connectivity index (χ0n) is 9.68. The maximum Gasteiger partial charge on any atom is 0.177 e. The Balaban J connectivity index is 2.23. The van der Waals surface area contributed by atoms with E-state index in [-0.39, 0.29) is 0 Å². The molecular formula is C12H12BrNO2S2. The van der Waals surface area contributed by atoms with Crippen LogP contribution in [0.25, 0.3) is 0 Å². The molecule has 0 bridgehead atoms. The van der Waals surface area contributed by atoms with Crippen LogP contribution < -0.4 is 5.32 Å². The molecule has 3 nitrogen and oxygen atoms in total. The monoisotopic (exact) mass is 345 g/mol. The third-order valence-corrected chi connectivity index (χ3v) is 5.50. The molecule has 1 aromatic carbocycles. The first-order chi connectivity index (χ1) is 8.48. The summed E-state index contributed by atoms with van der Waals surface area (Å²) in [5.74, 6) is 0. The highest BCUT2D eigenvalue weighted by atomic mass is 79.9. The number of hydrogen-bond donors (Lipinski definition) is 1. The first kappa shape index (κ1) is 13.6. The molecule has 2 rings (SSSR count). The van der Waals surface area contributed by atoms with Crippen LogP contribution in [-0.2, 0) is 16.4 Å². The van der Waals surface area contributed by atoms with E-state index >= 15 is 0 Å². The number of nitrogens with one attached hydrogen (secondary N) is 1. The van der Waals surface area contributed by atoms with Crippen molar-refractivity contribution in [3.63, 3.8) is 0 Å². The van der Waals surface area contributed by atoms with Crippen LogP contribution in [0.2, 0.25) is 0 Å². The zero-order valence-corrected chi connectivity index (χ0v) is 12.9. The van der Waals surface area contributed by atoms with Crippen molar-refractivity contribution in [3.8, 4) is 0 Å². The Hall–Kier alpha value is -0.850. The average molecular weight is 346 g/mol. The van der Waals surface area contributed by atoms with Crippen molar-refractivity contribution in [2.75, 3.05) is 11.6 Å². The quantitative estimate of drug-likeness (QED) is 0.921. The lowest BCUT2D eigenvalue weighted by atomic mass is 10.3. The summed E-state index contributed by atoms with van der Waals surface area (Å²) in [5.41, 5.74) is 0.639. The van der Waals surface area contributed by atoms with Gasteiger partial charge in [0.2, 0.25) is 0 Å². The molecule has 96 valence electrons. The Morgan fingerprint density at radius 2 is 2.00 bits per heavy atom. The Bertz CT molecular complexity index is 650. The summed E-state index contributed by atoms with van der Waals surface area (Å²) in [4.78, 5) is 1.47. The zero-order chi connectivity index (χ0) is 13.2. The van der Waals surface area contributed by atoms with Crippen molar-refractivity contribution < 1.29 is 8.42 Å². The summed E-state index contributed by atoms with van der Waals surface area (Å²) in [7, 11) is -3.21. The average Bonchev–Trinajstić information content (AvgIpc) is 2.71. The molecule has 0 saturated carbocycles. The molecule has 0 aliphatic rings.